The van der Waals surface area contributed by atoms with Crippen LogP contribution in [0.5, 0.6) is 5.75 Å². The van der Waals surface area contributed by atoms with Crippen molar-refractivity contribution in [2.75, 3.05) is 18.8 Å². The zero-order valence-electron chi connectivity index (χ0n) is 11.8. The lowest BCUT2D eigenvalue weighted by Gasteiger charge is -2.17. The molecular weight excluding hydrogens is 267 g/mol. The van der Waals surface area contributed by atoms with Gasteiger partial charge in [0, 0.05) is 25.7 Å². The van der Waals surface area contributed by atoms with Crippen molar-refractivity contribution in [1.29, 1.82) is 0 Å². The number of anilines is 1. The van der Waals surface area contributed by atoms with Gasteiger partial charge in [-0.25, -0.2) is 4.39 Å². The molecule has 1 aliphatic rings. The third kappa shape index (κ3) is 3.52. The minimum absolute atomic E-state index is 0.112. The van der Waals surface area contributed by atoms with Crippen LogP contribution in [-0.4, -0.2) is 24.1 Å². The molecule has 21 heavy (non-hydrogen) atoms. The Morgan fingerprint density at radius 1 is 1.19 bits per heavy atom. The van der Waals surface area contributed by atoms with E-state index in [9.17, 15) is 4.39 Å². The second-order valence-corrected chi connectivity index (χ2v) is 5.43. The van der Waals surface area contributed by atoms with Gasteiger partial charge in [-0.05, 0) is 24.1 Å². The highest BCUT2D eigenvalue weighted by Gasteiger charge is 2.24. The summed E-state index contributed by atoms with van der Waals surface area (Å²) in [6, 6.07) is 14.7. The molecule has 0 saturated carbocycles. The molecule has 2 N–H and O–H groups in total. The molecule has 1 saturated heterocycles. The van der Waals surface area contributed by atoms with Gasteiger partial charge in [-0.15, -0.1) is 0 Å². The van der Waals surface area contributed by atoms with Gasteiger partial charge < -0.3 is 10.5 Å². The maximum atomic E-state index is 13.0. The fourth-order valence-corrected chi connectivity index (χ4v) is 2.68. The predicted octanol–water partition coefficient (Wildman–Crippen LogP) is 3.06. The Balaban J connectivity index is 1.57. The van der Waals surface area contributed by atoms with E-state index in [1.807, 2.05) is 6.07 Å². The van der Waals surface area contributed by atoms with E-state index >= 15 is 0 Å². The lowest BCUT2D eigenvalue weighted by atomic mass is 10.2. The Morgan fingerprint density at radius 2 is 2.00 bits per heavy atom. The van der Waals surface area contributed by atoms with E-state index in [0.717, 1.165) is 26.1 Å². The Labute approximate surface area is 124 Å². The van der Waals surface area contributed by atoms with Gasteiger partial charge in [-0.3, -0.25) is 4.90 Å². The minimum Gasteiger partial charge on any atom is -0.487 e. The summed E-state index contributed by atoms with van der Waals surface area (Å²) in [7, 11) is 0. The molecule has 0 aromatic heterocycles. The van der Waals surface area contributed by atoms with Gasteiger partial charge in [-0.2, -0.15) is 0 Å². The van der Waals surface area contributed by atoms with E-state index in [1.54, 1.807) is 6.07 Å². The molecule has 2 aromatic rings. The van der Waals surface area contributed by atoms with E-state index in [4.69, 9.17) is 10.5 Å². The maximum absolute atomic E-state index is 13.0. The van der Waals surface area contributed by atoms with Crippen molar-refractivity contribution < 1.29 is 9.13 Å². The number of halogens is 1. The number of benzene rings is 2. The van der Waals surface area contributed by atoms with Crippen molar-refractivity contribution in [3.63, 3.8) is 0 Å². The topological polar surface area (TPSA) is 38.5 Å². The Kier molecular flexibility index (Phi) is 4.06. The zero-order chi connectivity index (χ0) is 14.7. The first kappa shape index (κ1) is 13.9. The number of nitrogens with two attached hydrogens (primary N) is 1. The van der Waals surface area contributed by atoms with Crippen molar-refractivity contribution in [3.8, 4) is 5.75 Å². The molecule has 1 heterocycles. The third-order valence-corrected chi connectivity index (χ3v) is 3.74. The molecule has 4 heteroatoms. The third-order valence-electron chi connectivity index (χ3n) is 3.74. The summed E-state index contributed by atoms with van der Waals surface area (Å²) < 4.78 is 18.9. The average Bonchev–Trinajstić information content (AvgIpc) is 2.90. The molecular formula is C17H19FN2O. The van der Waals surface area contributed by atoms with Crippen molar-refractivity contribution in [1.82, 2.24) is 4.90 Å². The molecule has 0 spiro atoms. The van der Waals surface area contributed by atoms with E-state index in [0.29, 0.717) is 11.4 Å². The number of ether oxygens (including phenoxy) is 1. The van der Waals surface area contributed by atoms with Crippen molar-refractivity contribution >= 4 is 5.69 Å². The fourth-order valence-electron chi connectivity index (χ4n) is 2.68. The number of nitrogen functional groups attached to an aromatic ring is 1. The Morgan fingerprint density at radius 3 is 2.76 bits per heavy atom. The molecule has 3 nitrogen and oxygen atoms in total. The van der Waals surface area contributed by atoms with Crippen LogP contribution in [0.15, 0.2) is 48.5 Å². The second-order valence-electron chi connectivity index (χ2n) is 5.43. The first-order valence-corrected chi connectivity index (χ1v) is 7.18. The number of hydrogen-bond acceptors (Lipinski definition) is 3. The van der Waals surface area contributed by atoms with Crippen molar-refractivity contribution in [2.24, 2.45) is 0 Å². The lowest BCUT2D eigenvalue weighted by Crippen LogP contribution is -2.24. The first-order chi connectivity index (χ1) is 10.2. The molecule has 0 aliphatic carbocycles. The quantitative estimate of drug-likeness (QED) is 0.878. The van der Waals surface area contributed by atoms with Crippen LogP contribution < -0.4 is 10.5 Å². The molecule has 2 aromatic carbocycles. The highest BCUT2D eigenvalue weighted by atomic mass is 19.1. The number of nitrogens with zero attached hydrogens (tertiary/aromatic N) is 1. The van der Waals surface area contributed by atoms with Crippen LogP contribution in [0.1, 0.15) is 12.0 Å². The van der Waals surface area contributed by atoms with E-state index in [1.165, 1.54) is 17.7 Å². The van der Waals surface area contributed by atoms with E-state index in [-0.39, 0.29) is 11.9 Å². The van der Waals surface area contributed by atoms with Gasteiger partial charge >= 0.3 is 0 Å². The molecule has 1 atom stereocenters. The van der Waals surface area contributed by atoms with Gasteiger partial charge in [-0.1, -0.05) is 30.3 Å². The summed E-state index contributed by atoms with van der Waals surface area (Å²) in [6.07, 6.45) is 1.07. The summed E-state index contributed by atoms with van der Waals surface area (Å²) in [4.78, 5) is 2.36. The van der Waals surface area contributed by atoms with Gasteiger partial charge in [0.05, 0.1) is 5.69 Å². The van der Waals surface area contributed by atoms with Gasteiger partial charge in [0.1, 0.15) is 17.7 Å². The first-order valence-electron chi connectivity index (χ1n) is 7.18. The van der Waals surface area contributed by atoms with Crippen LogP contribution in [0.25, 0.3) is 0 Å². The van der Waals surface area contributed by atoms with Gasteiger partial charge in [0.2, 0.25) is 0 Å². The van der Waals surface area contributed by atoms with E-state index in [2.05, 4.69) is 29.2 Å². The fraction of sp³-hybridized carbons (Fsp3) is 0.294. The lowest BCUT2D eigenvalue weighted by molar-refractivity contribution is 0.199. The van der Waals surface area contributed by atoms with Crippen LogP contribution in [0.3, 0.4) is 0 Å². The monoisotopic (exact) mass is 286 g/mol. The SMILES string of the molecule is Nc1cc(F)ccc1OC1CCN(Cc2ccccc2)C1. The standard InChI is InChI=1S/C17H19FN2O/c18-14-6-7-17(16(19)10-14)21-15-8-9-20(12-15)11-13-4-2-1-3-5-13/h1-7,10,15H,8-9,11-12,19H2. The Hall–Kier alpha value is -2.07. The molecule has 1 aliphatic heterocycles. The van der Waals surface area contributed by atoms with Crippen LogP contribution in [0.4, 0.5) is 10.1 Å². The van der Waals surface area contributed by atoms with Gasteiger partial charge in [0.15, 0.2) is 0 Å². The zero-order valence-corrected chi connectivity index (χ0v) is 11.8. The molecule has 0 amide bonds. The highest BCUT2D eigenvalue weighted by Crippen LogP contribution is 2.26. The van der Waals surface area contributed by atoms with Crippen LogP contribution in [-0.2, 0) is 6.54 Å². The predicted molar refractivity (Wildman–Crippen MR) is 81.6 cm³/mol. The van der Waals surface area contributed by atoms with Crippen LogP contribution in [0.2, 0.25) is 0 Å². The summed E-state index contributed by atoms with van der Waals surface area (Å²) in [6.45, 7) is 2.80. The molecule has 1 unspecified atom stereocenters. The summed E-state index contributed by atoms with van der Waals surface area (Å²) >= 11 is 0. The smallest absolute Gasteiger partial charge is 0.142 e. The maximum Gasteiger partial charge on any atom is 0.142 e. The van der Waals surface area contributed by atoms with Crippen LogP contribution >= 0.6 is 0 Å². The summed E-state index contributed by atoms with van der Waals surface area (Å²) in [5.41, 5.74) is 7.44. The number of likely N-dealkylation sites (tertiary alicyclic amines) is 1. The molecule has 3 rings (SSSR count). The number of rotatable bonds is 4. The van der Waals surface area contributed by atoms with Gasteiger partial charge in [0.25, 0.3) is 0 Å². The minimum atomic E-state index is -0.336. The molecule has 0 bridgehead atoms. The molecule has 0 radical (unpaired) electrons. The average molecular weight is 286 g/mol. The van der Waals surface area contributed by atoms with Crippen molar-refractivity contribution in [3.05, 3.63) is 59.9 Å². The molecule has 110 valence electrons. The normalized spacial score (nSPS) is 18.8. The van der Waals surface area contributed by atoms with Crippen LogP contribution in [0, 0.1) is 5.82 Å². The van der Waals surface area contributed by atoms with Crippen molar-refractivity contribution in [2.45, 2.75) is 19.1 Å². The summed E-state index contributed by atoms with van der Waals surface area (Å²) in [5, 5.41) is 0. The highest BCUT2D eigenvalue weighted by molar-refractivity contribution is 5.52. The molecule has 1 fully saturated rings. The largest absolute Gasteiger partial charge is 0.487 e. The second kappa shape index (κ2) is 6.14. The van der Waals surface area contributed by atoms with E-state index < -0.39 is 0 Å². The summed E-state index contributed by atoms with van der Waals surface area (Å²) in [5.74, 6) is 0.236. The number of hydrogen-bond donors (Lipinski definition) is 1. The Bertz CT molecular complexity index is 603.